The van der Waals surface area contributed by atoms with Crippen molar-refractivity contribution in [3.8, 4) is 11.4 Å². The van der Waals surface area contributed by atoms with Crippen molar-refractivity contribution >= 4 is 28.8 Å². The molecule has 0 saturated heterocycles. The van der Waals surface area contributed by atoms with E-state index in [1.165, 1.54) is 40.4 Å². The number of aromatic nitrogens is 4. The van der Waals surface area contributed by atoms with Gasteiger partial charge in [-0.15, -0.1) is 9.73 Å². The van der Waals surface area contributed by atoms with Crippen LogP contribution in [0.25, 0.3) is 17.0 Å². The summed E-state index contributed by atoms with van der Waals surface area (Å²) in [5.74, 6) is -0.343. The Balaban J connectivity index is 1.88. The first kappa shape index (κ1) is 21.9. The number of carbonyl (C=O) groups is 2. The van der Waals surface area contributed by atoms with E-state index in [1.807, 2.05) is 20.8 Å². The van der Waals surface area contributed by atoms with Gasteiger partial charge in [-0.05, 0) is 30.3 Å². The Morgan fingerprint density at radius 2 is 1.73 bits per heavy atom. The Kier molecular flexibility index (Phi) is 5.28. The van der Waals surface area contributed by atoms with E-state index in [0.29, 0.717) is 22.7 Å². The Morgan fingerprint density at radius 1 is 1.03 bits per heavy atom. The van der Waals surface area contributed by atoms with Crippen molar-refractivity contribution in [1.82, 2.24) is 19.4 Å². The van der Waals surface area contributed by atoms with Gasteiger partial charge < -0.3 is 5.32 Å². The number of hydrogen-bond donors (Lipinski definition) is 1. The van der Waals surface area contributed by atoms with E-state index in [9.17, 15) is 19.7 Å². The molecule has 0 fully saturated rings. The molecule has 0 unspecified atom stereocenters. The number of hydrogen-bond acceptors (Lipinski definition) is 6. The van der Waals surface area contributed by atoms with Gasteiger partial charge in [0, 0.05) is 47.4 Å². The van der Waals surface area contributed by atoms with Gasteiger partial charge in [-0.1, -0.05) is 26.8 Å². The predicted molar refractivity (Wildman–Crippen MR) is 122 cm³/mol. The van der Waals surface area contributed by atoms with Gasteiger partial charge in [0.1, 0.15) is 0 Å². The molecule has 10 heteroatoms. The van der Waals surface area contributed by atoms with Gasteiger partial charge in [0.25, 0.3) is 11.6 Å². The number of nitrogens with zero attached hydrogens (tertiary/aromatic N) is 5. The van der Waals surface area contributed by atoms with Gasteiger partial charge in [-0.2, -0.15) is 5.10 Å². The van der Waals surface area contributed by atoms with Crippen molar-refractivity contribution in [3.63, 3.8) is 0 Å². The Hall–Kier alpha value is -4.34. The standard InChI is InChI=1S/C23H22N6O4/c1-14(30)24-17-10-8-15(9-11-17)21-26-28-20(13-19(25-28)23(2,3)4)27(21)22(31)16-6-5-7-18(12-16)29(32)33/h5-13H,1-4H3,(H,24,30). The summed E-state index contributed by atoms with van der Waals surface area (Å²) < 4.78 is 2.79. The highest BCUT2D eigenvalue weighted by molar-refractivity contribution is 6.01. The number of fused-ring (bicyclic) bond motifs is 1. The highest BCUT2D eigenvalue weighted by Crippen LogP contribution is 2.28. The monoisotopic (exact) mass is 446 g/mol. The summed E-state index contributed by atoms with van der Waals surface area (Å²) in [7, 11) is 0. The molecule has 1 N–H and O–H groups in total. The zero-order valence-electron chi connectivity index (χ0n) is 18.6. The second-order valence-corrected chi connectivity index (χ2v) is 8.66. The Bertz CT molecular complexity index is 1390. The predicted octanol–water partition coefficient (Wildman–Crippen LogP) is 4.05. The fraction of sp³-hybridized carbons (Fsp3) is 0.217. The van der Waals surface area contributed by atoms with Gasteiger partial charge in [0.15, 0.2) is 11.5 Å². The molecule has 33 heavy (non-hydrogen) atoms. The quantitative estimate of drug-likeness (QED) is 0.372. The molecule has 0 aliphatic carbocycles. The van der Waals surface area contributed by atoms with Crippen molar-refractivity contribution in [2.75, 3.05) is 5.32 Å². The molecule has 0 radical (unpaired) electrons. The average molecular weight is 446 g/mol. The summed E-state index contributed by atoms with van der Waals surface area (Å²) >= 11 is 0. The highest BCUT2D eigenvalue weighted by Gasteiger charge is 2.26. The Labute approximate surface area is 189 Å². The number of nitro benzene ring substituents is 1. The molecule has 168 valence electrons. The normalized spacial score (nSPS) is 11.5. The maximum absolute atomic E-state index is 13.6. The van der Waals surface area contributed by atoms with Crippen molar-refractivity contribution in [3.05, 3.63) is 76.0 Å². The molecule has 0 atom stereocenters. The highest BCUT2D eigenvalue weighted by atomic mass is 16.6. The molecule has 0 aliphatic heterocycles. The van der Waals surface area contributed by atoms with Crippen molar-refractivity contribution < 1.29 is 14.5 Å². The molecule has 2 aromatic carbocycles. The first-order chi connectivity index (χ1) is 15.5. The van der Waals surface area contributed by atoms with Crippen LogP contribution in [0, 0.1) is 10.1 Å². The van der Waals surface area contributed by atoms with Crippen LogP contribution in [0.15, 0.2) is 54.6 Å². The van der Waals surface area contributed by atoms with Crippen molar-refractivity contribution in [2.24, 2.45) is 0 Å². The molecular weight excluding hydrogens is 424 g/mol. The van der Waals surface area contributed by atoms with Gasteiger partial charge in [0.05, 0.1) is 10.6 Å². The van der Waals surface area contributed by atoms with Crippen LogP contribution in [0.4, 0.5) is 11.4 Å². The third kappa shape index (κ3) is 4.22. The molecule has 1 amide bonds. The summed E-state index contributed by atoms with van der Waals surface area (Å²) in [4.78, 5) is 35.5. The first-order valence-electron chi connectivity index (χ1n) is 10.2. The van der Waals surface area contributed by atoms with Gasteiger partial charge >= 0.3 is 0 Å². The average Bonchev–Trinajstić information content (AvgIpc) is 3.32. The fourth-order valence-electron chi connectivity index (χ4n) is 3.37. The number of nitro groups is 1. The lowest BCUT2D eigenvalue weighted by Crippen LogP contribution is -2.14. The second-order valence-electron chi connectivity index (χ2n) is 8.66. The summed E-state index contributed by atoms with van der Waals surface area (Å²) in [6, 6.07) is 14.2. The number of carbonyl (C=O) groups excluding carboxylic acids is 2. The molecule has 4 rings (SSSR count). The zero-order chi connectivity index (χ0) is 23.9. The molecule has 10 nitrogen and oxygen atoms in total. The molecule has 0 bridgehead atoms. The minimum absolute atomic E-state index is 0.152. The van der Waals surface area contributed by atoms with Crippen molar-refractivity contribution in [1.29, 1.82) is 0 Å². The molecule has 0 aliphatic rings. The van der Waals surface area contributed by atoms with Crippen LogP contribution in [0.3, 0.4) is 0 Å². The van der Waals surface area contributed by atoms with E-state index in [4.69, 9.17) is 0 Å². The third-order valence-corrected chi connectivity index (χ3v) is 5.04. The molecular formula is C23H22N6O4. The summed E-state index contributed by atoms with van der Waals surface area (Å²) in [6.07, 6.45) is 0. The second kappa shape index (κ2) is 7.97. The van der Waals surface area contributed by atoms with Crippen LogP contribution in [-0.2, 0) is 10.2 Å². The molecule has 4 aromatic rings. The van der Waals surface area contributed by atoms with Gasteiger partial charge in [0.2, 0.25) is 5.91 Å². The number of rotatable bonds is 4. The van der Waals surface area contributed by atoms with Gasteiger partial charge in [-0.3, -0.25) is 19.7 Å². The number of nitrogens with one attached hydrogen (secondary N) is 1. The first-order valence-corrected chi connectivity index (χ1v) is 10.2. The lowest BCUT2D eigenvalue weighted by molar-refractivity contribution is -0.384. The maximum Gasteiger partial charge on any atom is 0.270 e. The van der Waals surface area contributed by atoms with E-state index < -0.39 is 10.8 Å². The Morgan fingerprint density at radius 3 is 2.33 bits per heavy atom. The minimum Gasteiger partial charge on any atom is -0.326 e. The van der Waals surface area contributed by atoms with Crippen LogP contribution in [0.5, 0.6) is 0 Å². The maximum atomic E-state index is 13.6. The van der Waals surface area contributed by atoms with E-state index in [1.54, 1.807) is 30.3 Å². The summed E-state index contributed by atoms with van der Waals surface area (Å²) in [5, 5.41) is 23.0. The van der Waals surface area contributed by atoms with Crippen LogP contribution < -0.4 is 5.32 Å². The van der Waals surface area contributed by atoms with Crippen LogP contribution in [-0.4, -0.2) is 36.1 Å². The lowest BCUT2D eigenvalue weighted by atomic mass is 9.92. The van der Waals surface area contributed by atoms with Crippen molar-refractivity contribution in [2.45, 2.75) is 33.1 Å². The van der Waals surface area contributed by atoms with E-state index >= 15 is 0 Å². The number of amides is 1. The number of non-ortho nitro benzene ring substituents is 1. The van der Waals surface area contributed by atoms with E-state index in [0.717, 1.165) is 5.69 Å². The van der Waals surface area contributed by atoms with Crippen LogP contribution >= 0.6 is 0 Å². The lowest BCUT2D eigenvalue weighted by Gasteiger charge is -2.14. The largest absolute Gasteiger partial charge is 0.326 e. The number of anilines is 1. The topological polar surface area (TPSA) is 124 Å². The number of benzene rings is 2. The molecule has 0 spiro atoms. The summed E-state index contributed by atoms with van der Waals surface area (Å²) in [5.41, 5.74) is 2.11. The van der Waals surface area contributed by atoms with E-state index in [2.05, 4.69) is 15.5 Å². The van der Waals surface area contributed by atoms with Gasteiger partial charge in [-0.25, -0.2) is 4.57 Å². The molecule has 2 heterocycles. The SMILES string of the molecule is CC(=O)Nc1ccc(-c2nn3nc(C(C)(C)C)cc3n2C(=O)c2cccc([N+](=O)[O-])c2)cc1. The third-order valence-electron chi connectivity index (χ3n) is 5.04. The molecule has 0 saturated carbocycles. The molecule has 2 aromatic heterocycles. The fourth-order valence-corrected chi connectivity index (χ4v) is 3.37. The smallest absolute Gasteiger partial charge is 0.270 e. The zero-order valence-corrected chi connectivity index (χ0v) is 18.6. The van der Waals surface area contributed by atoms with Crippen LogP contribution in [0.2, 0.25) is 0 Å². The summed E-state index contributed by atoms with van der Waals surface area (Å²) in [6.45, 7) is 7.43. The van der Waals surface area contributed by atoms with Crippen LogP contribution in [0.1, 0.15) is 43.7 Å². The van der Waals surface area contributed by atoms with E-state index in [-0.39, 0.29) is 22.6 Å². The minimum atomic E-state index is -0.543.